The molecule has 1 aromatic carbocycles. The van der Waals surface area contributed by atoms with E-state index in [9.17, 15) is 4.79 Å². The molecule has 110 valence electrons. The van der Waals surface area contributed by atoms with E-state index in [0.29, 0.717) is 19.2 Å². The highest BCUT2D eigenvalue weighted by Gasteiger charge is 2.19. The lowest BCUT2D eigenvalue weighted by Gasteiger charge is -2.32. The van der Waals surface area contributed by atoms with Crippen molar-refractivity contribution >= 4 is 5.97 Å². The lowest BCUT2D eigenvalue weighted by molar-refractivity contribution is -0.142. The van der Waals surface area contributed by atoms with E-state index in [1.807, 2.05) is 6.92 Å². The molecule has 0 radical (unpaired) electrons. The summed E-state index contributed by atoms with van der Waals surface area (Å²) in [6.45, 7) is 5.80. The number of nitrogens with zero attached hydrogens (tertiary/aromatic N) is 1. The average molecular weight is 276 g/mol. The minimum atomic E-state index is -0.154. The van der Waals surface area contributed by atoms with Crippen molar-refractivity contribution in [2.24, 2.45) is 0 Å². The smallest absolute Gasteiger partial charge is 0.319 e. The van der Waals surface area contributed by atoms with E-state index in [4.69, 9.17) is 4.74 Å². The molecular weight excluding hydrogens is 252 g/mol. The van der Waals surface area contributed by atoms with Crippen molar-refractivity contribution in [2.75, 3.05) is 26.2 Å². The van der Waals surface area contributed by atoms with Crippen LogP contribution in [-0.2, 0) is 16.1 Å². The first-order valence-electron chi connectivity index (χ1n) is 7.43. The van der Waals surface area contributed by atoms with Crippen LogP contribution >= 0.6 is 0 Å². The number of carbonyl (C=O) groups is 1. The largest absolute Gasteiger partial charge is 0.465 e. The second-order valence-corrected chi connectivity index (χ2v) is 5.22. The van der Waals surface area contributed by atoms with E-state index in [1.165, 1.54) is 5.56 Å². The SMILES string of the molecule is CCOC(=O)CNC1CCN(Cc2ccccc2)CC1. The Labute approximate surface area is 121 Å². The van der Waals surface area contributed by atoms with Crippen LogP contribution in [0.15, 0.2) is 30.3 Å². The lowest BCUT2D eigenvalue weighted by Crippen LogP contribution is -2.43. The third kappa shape index (κ3) is 4.94. The van der Waals surface area contributed by atoms with Gasteiger partial charge < -0.3 is 10.1 Å². The molecule has 0 amide bonds. The molecule has 0 aliphatic carbocycles. The Kier molecular flexibility index (Phi) is 6.02. The third-order valence-electron chi connectivity index (χ3n) is 3.68. The van der Waals surface area contributed by atoms with Crippen LogP contribution in [0.1, 0.15) is 25.3 Å². The van der Waals surface area contributed by atoms with Crippen LogP contribution < -0.4 is 5.32 Å². The first-order valence-corrected chi connectivity index (χ1v) is 7.43. The molecule has 1 N–H and O–H groups in total. The molecule has 4 heteroatoms. The van der Waals surface area contributed by atoms with Crippen LogP contribution in [0.5, 0.6) is 0 Å². The maximum absolute atomic E-state index is 11.3. The fourth-order valence-corrected chi connectivity index (χ4v) is 2.58. The normalized spacial score (nSPS) is 17.1. The Morgan fingerprint density at radius 3 is 2.65 bits per heavy atom. The number of rotatable bonds is 6. The molecule has 0 saturated carbocycles. The molecule has 1 aliphatic heterocycles. The van der Waals surface area contributed by atoms with E-state index < -0.39 is 0 Å². The predicted octanol–water partition coefficient (Wildman–Crippen LogP) is 1.80. The van der Waals surface area contributed by atoms with Gasteiger partial charge in [-0.3, -0.25) is 9.69 Å². The molecule has 4 nitrogen and oxygen atoms in total. The van der Waals surface area contributed by atoms with E-state index in [2.05, 4.69) is 40.5 Å². The molecule has 20 heavy (non-hydrogen) atoms. The highest BCUT2D eigenvalue weighted by Crippen LogP contribution is 2.13. The molecular formula is C16H24N2O2. The maximum atomic E-state index is 11.3. The fourth-order valence-electron chi connectivity index (χ4n) is 2.58. The second kappa shape index (κ2) is 8.02. The Morgan fingerprint density at radius 2 is 2.00 bits per heavy atom. The second-order valence-electron chi connectivity index (χ2n) is 5.22. The Balaban J connectivity index is 1.66. The number of piperidine rings is 1. The van der Waals surface area contributed by atoms with Gasteiger partial charge in [-0.1, -0.05) is 30.3 Å². The summed E-state index contributed by atoms with van der Waals surface area (Å²) >= 11 is 0. The molecule has 0 atom stereocenters. The van der Waals surface area contributed by atoms with Crippen LogP contribution in [0.4, 0.5) is 0 Å². The number of likely N-dealkylation sites (tertiary alicyclic amines) is 1. The lowest BCUT2D eigenvalue weighted by atomic mass is 10.0. The standard InChI is InChI=1S/C16H24N2O2/c1-2-20-16(19)12-17-15-8-10-18(11-9-15)13-14-6-4-3-5-7-14/h3-7,15,17H,2,8-13H2,1H3. The van der Waals surface area contributed by atoms with Crippen molar-refractivity contribution in [3.63, 3.8) is 0 Å². The summed E-state index contributed by atoms with van der Waals surface area (Å²) in [6.07, 6.45) is 2.18. The number of ether oxygens (including phenoxy) is 1. The molecule has 1 aromatic rings. The van der Waals surface area contributed by atoms with Crippen molar-refractivity contribution in [1.82, 2.24) is 10.2 Å². The van der Waals surface area contributed by atoms with Gasteiger partial charge in [-0.25, -0.2) is 0 Å². The van der Waals surface area contributed by atoms with Crippen molar-refractivity contribution < 1.29 is 9.53 Å². The van der Waals surface area contributed by atoms with E-state index in [-0.39, 0.29) is 5.97 Å². The molecule has 1 aliphatic rings. The average Bonchev–Trinajstić information content (AvgIpc) is 2.48. The minimum absolute atomic E-state index is 0.154. The van der Waals surface area contributed by atoms with Crippen molar-refractivity contribution in [1.29, 1.82) is 0 Å². The summed E-state index contributed by atoms with van der Waals surface area (Å²) in [5.41, 5.74) is 1.37. The topological polar surface area (TPSA) is 41.6 Å². The molecule has 0 bridgehead atoms. The van der Waals surface area contributed by atoms with Crippen LogP contribution in [0.2, 0.25) is 0 Å². The molecule has 2 rings (SSSR count). The number of carbonyl (C=O) groups excluding carboxylic acids is 1. The quantitative estimate of drug-likeness (QED) is 0.805. The third-order valence-corrected chi connectivity index (χ3v) is 3.68. The molecule has 0 unspecified atom stereocenters. The predicted molar refractivity (Wildman–Crippen MR) is 79.4 cm³/mol. The summed E-state index contributed by atoms with van der Waals surface area (Å²) in [7, 11) is 0. The van der Waals surface area contributed by atoms with Crippen molar-refractivity contribution in [3.05, 3.63) is 35.9 Å². The first kappa shape index (κ1) is 15.0. The van der Waals surface area contributed by atoms with Gasteiger partial charge in [0.15, 0.2) is 0 Å². The number of esters is 1. The summed E-state index contributed by atoms with van der Waals surface area (Å²) in [5.74, 6) is -0.154. The zero-order valence-corrected chi connectivity index (χ0v) is 12.2. The van der Waals surface area contributed by atoms with E-state index in [0.717, 1.165) is 32.5 Å². The van der Waals surface area contributed by atoms with Gasteiger partial charge in [0, 0.05) is 12.6 Å². The Morgan fingerprint density at radius 1 is 1.30 bits per heavy atom. The van der Waals surface area contributed by atoms with Gasteiger partial charge in [0.1, 0.15) is 0 Å². The highest BCUT2D eigenvalue weighted by atomic mass is 16.5. The monoisotopic (exact) mass is 276 g/mol. The van der Waals surface area contributed by atoms with Gasteiger partial charge in [-0.05, 0) is 38.4 Å². The molecule has 1 fully saturated rings. The van der Waals surface area contributed by atoms with Crippen LogP contribution in [0.25, 0.3) is 0 Å². The fraction of sp³-hybridized carbons (Fsp3) is 0.562. The first-order chi connectivity index (χ1) is 9.78. The zero-order chi connectivity index (χ0) is 14.2. The Bertz CT molecular complexity index is 400. The minimum Gasteiger partial charge on any atom is -0.465 e. The van der Waals surface area contributed by atoms with Gasteiger partial charge in [0.05, 0.1) is 13.2 Å². The van der Waals surface area contributed by atoms with Gasteiger partial charge in [-0.15, -0.1) is 0 Å². The molecule has 0 spiro atoms. The number of nitrogens with one attached hydrogen (secondary N) is 1. The van der Waals surface area contributed by atoms with Crippen LogP contribution in [0, 0.1) is 0 Å². The molecule has 1 heterocycles. The van der Waals surface area contributed by atoms with Gasteiger partial charge in [-0.2, -0.15) is 0 Å². The Hall–Kier alpha value is -1.39. The van der Waals surface area contributed by atoms with Gasteiger partial charge in [0.25, 0.3) is 0 Å². The van der Waals surface area contributed by atoms with Crippen molar-refractivity contribution in [3.8, 4) is 0 Å². The molecule has 0 aromatic heterocycles. The van der Waals surface area contributed by atoms with E-state index >= 15 is 0 Å². The van der Waals surface area contributed by atoms with Gasteiger partial charge >= 0.3 is 5.97 Å². The summed E-state index contributed by atoms with van der Waals surface area (Å²) < 4.78 is 4.92. The summed E-state index contributed by atoms with van der Waals surface area (Å²) in [6, 6.07) is 11.0. The van der Waals surface area contributed by atoms with Crippen LogP contribution in [0.3, 0.4) is 0 Å². The number of hydrogen-bond donors (Lipinski definition) is 1. The molecule has 1 saturated heterocycles. The van der Waals surface area contributed by atoms with Crippen molar-refractivity contribution in [2.45, 2.75) is 32.4 Å². The summed E-state index contributed by atoms with van der Waals surface area (Å²) in [4.78, 5) is 13.8. The number of hydrogen-bond acceptors (Lipinski definition) is 4. The maximum Gasteiger partial charge on any atom is 0.319 e. The zero-order valence-electron chi connectivity index (χ0n) is 12.2. The highest BCUT2D eigenvalue weighted by molar-refractivity contribution is 5.71. The van der Waals surface area contributed by atoms with Gasteiger partial charge in [0.2, 0.25) is 0 Å². The van der Waals surface area contributed by atoms with E-state index in [1.54, 1.807) is 0 Å². The van der Waals surface area contributed by atoms with Crippen LogP contribution in [-0.4, -0.2) is 43.2 Å². The number of benzene rings is 1. The summed E-state index contributed by atoms with van der Waals surface area (Å²) in [5, 5.41) is 3.29.